The van der Waals surface area contributed by atoms with Gasteiger partial charge in [-0.05, 0) is 46.6 Å². The van der Waals surface area contributed by atoms with Gasteiger partial charge in [0, 0.05) is 30.4 Å². The maximum absolute atomic E-state index is 9.98. The summed E-state index contributed by atoms with van der Waals surface area (Å²) in [7, 11) is -0.487. The SMILES string of the molecule is CC1(C)OB(c2cnc(Cl)cc2N2CCC[C@H](O)C2)OC1(C)C. The number of aliphatic hydroxyl groups is 1. The molecule has 3 rings (SSSR count). The third-order valence-corrected chi connectivity index (χ3v) is 5.33. The number of aromatic nitrogens is 1. The average Bonchev–Trinajstić information content (AvgIpc) is 2.67. The number of nitrogens with zero attached hydrogens (tertiary/aromatic N) is 2. The molecule has 1 aromatic heterocycles. The van der Waals surface area contributed by atoms with Crippen molar-refractivity contribution in [2.75, 3.05) is 18.0 Å². The highest BCUT2D eigenvalue weighted by Crippen LogP contribution is 2.37. The van der Waals surface area contributed by atoms with Crippen molar-refractivity contribution in [3.05, 3.63) is 17.4 Å². The molecular weight excluding hydrogens is 314 g/mol. The van der Waals surface area contributed by atoms with Gasteiger partial charge < -0.3 is 19.3 Å². The summed E-state index contributed by atoms with van der Waals surface area (Å²) >= 11 is 6.11. The molecule has 2 fully saturated rings. The summed E-state index contributed by atoms with van der Waals surface area (Å²) in [6.45, 7) is 9.58. The summed E-state index contributed by atoms with van der Waals surface area (Å²) in [5, 5.41) is 10.4. The Morgan fingerprint density at radius 2 is 1.96 bits per heavy atom. The number of pyridine rings is 1. The number of piperidine rings is 1. The largest absolute Gasteiger partial charge is 0.498 e. The molecule has 0 amide bonds. The fourth-order valence-electron chi connectivity index (χ4n) is 3.03. The van der Waals surface area contributed by atoms with Crippen LogP contribution >= 0.6 is 11.6 Å². The zero-order chi connectivity index (χ0) is 16.8. The first-order chi connectivity index (χ1) is 10.7. The van der Waals surface area contributed by atoms with Crippen LogP contribution < -0.4 is 10.4 Å². The molecule has 0 aliphatic carbocycles. The van der Waals surface area contributed by atoms with Crippen LogP contribution in [0.4, 0.5) is 5.69 Å². The lowest BCUT2D eigenvalue weighted by Crippen LogP contribution is -2.44. The molecule has 23 heavy (non-hydrogen) atoms. The second-order valence-corrected chi connectivity index (χ2v) is 7.78. The number of hydrogen-bond donors (Lipinski definition) is 1. The molecule has 0 bridgehead atoms. The molecule has 0 unspecified atom stereocenters. The summed E-state index contributed by atoms with van der Waals surface area (Å²) in [5.74, 6) is 0. The summed E-state index contributed by atoms with van der Waals surface area (Å²) in [6, 6.07) is 1.83. The van der Waals surface area contributed by atoms with E-state index in [0.29, 0.717) is 11.7 Å². The van der Waals surface area contributed by atoms with E-state index in [9.17, 15) is 5.11 Å². The lowest BCUT2D eigenvalue weighted by atomic mass is 9.78. The zero-order valence-corrected chi connectivity index (χ0v) is 14.9. The van der Waals surface area contributed by atoms with Gasteiger partial charge in [-0.25, -0.2) is 4.98 Å². The van der Waals surface area contributed by atoms with Crippen molar-refractivity contribution in [1.82, 2.24) is 4.98 Å². The van der Waals surface area contributed by atoms with E-state index in [1.54, 1.807) is 6.20 Å². The minimum absolute atomic E-state index is 0.318. The van der Waals surface area contributed by atoms with Crippen molar-refractivity contribution < 1.29 is 14.4 Å². The Morgan fingerprint density at radius 3 is 2.57 bits per heavy atom. The molecule has 0 radical (unpaired) electrons. The van der Waals surface area contributed by atoms with Gasteiger partial charge in [-0.2, -0.15) is 0 Å². The average molecular weight is 339 g/mol. The summed E-state index contributed by atoms with van der Waals surface area (Å²) in [5.41, 5.74) is 0.982. The zero-order valence-electron chi connectivity index (χ0n) is 14.2. The Balaban J connectivity index is 1.94. The molecule has 2 aliphatic heterocycles. The van der Waals surface area contributed by atoms with Crippen molar-refractivity contribution in [3.63, 3.8) is 0 Å². The first kappa shape index (κ1) is 17.0. The van der Waals surface area contributed by atoms with Crippen LogP contribution in [-0.4, -0.2) is 47.6 Å². The molecule has 2 saturated heterocycles. The number of rotatable bonds is 2. The number of hydrogen-bond acceptors (Lipinski definition) is 5. The van der Waals surface area contributed by atoms with Gasteiger partial charge in [-0.15, -0.1) is 0 Å². The third-order valence-electron chi connectivity index (χ3n) is 5.12. The normalized spacial score (nSPS) is 26.6. The van der Waals surface area contributed by atoms with E-state index >= 15 is 0 Å². The highest BCUT2D eigenvalue weighted by atomic mass is 35.5. The van der Waals surface area contributed by atoms with E-state index in [0.717, 1.165) is 30.5 Å². The number of aliphatic hydroxyl groups excluding tert-OH is 1. The van der Waals surface area contributed by atoms with Crippen LogP contribution in [0.25, 0.3) is 0 Å². The Labute approximate surface area is 143 Å². The van der Waals surface area contributed by atoms with Crippen molar-refractivity contribution in [3.8, 4) is 0 Å². The second kappa shape index (κ2) is 5.92. The number of β-amino-alcohol motifs (C(OH)–C–C–N with tert-alkyl or cyclic N) is 1. The van der Waals surface area contributed by atoms with E-state index in [1.807, 2.05) is 33.8 Å². The molecule has 1 atom stereocenters. The highest BCUT2D eigenvalue weighted by molar-refractivity contribution is 6.64. The van der Waals surface area contributed by atoms with Crippen LogP contribution in [0.3, 0.4) is 0 Å². The Bertz CT molecular complexity index is 581. The lowest BCUT2D eigenvalue weighted by Gasteiger charge is -2.33. The standard InChI is InChI=1S/C16H24BClN2O3/c1-15(2)16(3,4)23-17(22-15)12-9-19-14(18)8-13(12)20-7-5-6-11(21)10-20/h8-9,11,21H,5-7,10H2,1-4H3/t11-/m0/s1. The van der Waals surface area contributed by atoms with Gasteiger partial charge in [0.15, 0.2) is 0 Å². The molecule has 7 heteroatoms. The minimum Gasteiger partial charge on any atom is -0.399 e. The Hall–Kier alpha value is -0.815. The lowest BCUT2D eigenvalue weighted by molar-refractivity contribution is 0.00578. The third kappa shape index (κ3) is 3.22. The molecule has 126 valence electrons. The first-order valence-electron chi connectivity index (χ1n) is 8.14. The van der Waals surface area contributed by atoms with Gasteiger partial charge in [0.25, 0.3) is 0 Å². The molecule has 0 aromatic carbocycles. The van der Waals surface area contributed by atoms with Crippen molar-refractivity contribution in [1.29, 1.82) is 0 Å². The van der Waals surface area contributed by atoms with Crippen molar-refractivity contribution in [2.24, 2.45) is 0 Å². The second-order valence-electron chi connectivity index (χ2n) is 7.40. The maximum atomic E-state index is 9.98. The van der Waals surface area contributed by atoms with E-state index in [4.69, 9.17) is 20.9 Å². The molecule has 3 heterocycles. The highest BCUT2D eigenvalue weighted by Gasteiger charge is 2.52. The number of halogens is 1. The fourth-order valence-corrected chi connectivity index (χ4v) is 3.18. The summed E-state index contributed by atoms with van der Waals surface area (Å²) in [6.07, 6.45) is 3.19. The van der Waals surface area contributed by atoms with Gasteiger partial charge in [0.2, 0.25) is 0 Å². The van der Waals surface area contributed by atoms with Crippen LogP contribution in [0.15, 0.2) is 12.3 Å². The predicted octanol–water partition coefficient (Wildman–Crippen LogP) is 2.00. The van der Waals surface area contributed by atoms with E-state index < -0.39 is 18.3 Å². The Kier molecular flexibility index (Phi) is 4.38. The molecule has 5 nitrogen and oxygen atoms in total. The molecule has 0 spiro atoms. The van der Waals surface area contributed by atoms with E-state index in [-0.39, 0.29) is 6.10 Å². The molecule has 0 saturated carbocycles. The van der Waals surface area contributed by atoms with Gasteiger partial charge in [-0.1, -0.05) is 11.6 Å². The molecular formula is C16H24BClN2O3. The molecule has 1 aromatic rings. The first-order valence-corrected chi connectivity index (χ1v) is 8.51. The quantitative estimate of drug-likeness (QED) is 0.660. The summed E-state index contributed by atoms with van der Waals surface area (Å²) in [4.78, 5) is 6.35. The van der Waals surface area contributed by atoms with Gasteiger partial charge in [-0.3, -0.25) is 0 Å². The van der Waals surface area contributed by atoms with Gasteiger partial charge >= 0.3 is 7.12 Å². The van der Waals surface area contributed by atoms with Gasteiger partial charge in [0.05, 0.1) is 17.3 Å². The summed E-state index contributed by atoms with van der Waals surface area (Å²) < 4.78 is 12.3. The topological polar surface area (TPSA) is 54.8 Å². The van der Waals surface area contributed by atoms with Crippen molar-refractivity contribution >= 4 is 29.9 Å². The van der Waals surface area contributed by atoms with Crippen LogP contribution in [0.1, 0.15) is 40.5 Å². The molecule has 2 aliphatic rings. The van der Waals surface area contributed by atoms with E-state index in [1.165, 1.54) is 0 Å². The Morgan fingerprint density at radius 1 is 1.30 bits per heavy atom. The smallest absolute Gasteiger partial charge is 0.399 e. The minimum atomic E-state index is -0.487. The van der Waals surface area contributed by atoms with Crippen molar-refractivity contribution in [2.45, 2.75) is 57.8 Å². The van der Waals surface area contributed by atoms with Crippen LogP contribution in [0.5, 0.6) is 0 Å². The van der Waals surface area contributed by atoms with Gasteiger partial charge in [0.1, 0.15) is 5.15 Å². The predicted molar refractivity (Wildman–Crippen MR) is 92.4 cm³/mol. The van der Waals surface area contributed by atoms with Crippen LogP contribution in [-0.2, 0) is 9.31 Å². The van der Waals surface area contributed by atoms with Crippen LogP contribution in [0.2, 0.25) is 5.15 Å². The monoisotopic (exact) mass is 338 g/mol. The van der Waals surface area contributed by atoms with E-state index in [2.05, 4.69) is 9.88 Å². The molecule has 1 N–H and O–H groups in total. The number of anilines is 1. The fraction of sp³-hybridized carbons (Fsp3) is 0.688. The van der Waals surface area contributed by atoms with Crippen LogP contribution in [0, 0.1) is 0 Å². The maximum Gasteiger partial charge on any atom is 0.498 e.